The Morgan fingerprint density at radius 3 is 2.70 bits per heavy atom. The molecule has 1 aromatic carbocycles. The average Bonchev–Trinajstić information content (AvgIpc) is 2.42. The summed E-state index contributed by atoms with van der Waals surface area (Å²) in [7, 11) is -0.691. The third-order valence-corrected chi connectivity index (χ3v) is 4.88. The van der Waals surface area contributed by atoms with Gasteiger partial charge in [0.15, 0.2) is 0 Å². The van der Waals surface area contributed by atoms with Crippen LogP contribution in [0.2, 0.25) is 5.02 Å². The van der Waals surface area contributed by atoms with Crippen molar-refractivity contribution in [1.29, 1.82) is 0 Å². The third kappa shape index (κ3) is 4.20. The van der Waals surface area contributed by atoms with E-state index in [9.17, 15) is 8.42 Å². The molecular formula is C13H16ClNO4S. The lowest BCUT2D eigenvalue weighted by atomic mass is 10.2. The SMILES string of the molecule is COCCN(C)S(=O)(=O)c1ccc(C#CCO)cc1Cl. The van der Waals surface area contributed by atoms with Crippen LogP contribution in [0.5, 0.6) is 0 Å². The molecule has 0 spiro atoms. The molecule has 0 aromatic heterocycles. The second kappa shape index (κ2) is 7.62. The zero-order valence-electron chi connectivity index (χ0n) is 11.3. The van der Waals surface area contributed by atoms with Crippen molar-refractivity contribution in [3.05, 3.63) is 28.8 Å². The molecule has 0 radical (unpaired) electrons. The number of sulfonamides is 1. The number of halogens is 1. The van der Waals surface area contributed by atoms with Gasteiger partial charge in [0, 0.05) is 26.3 Å². The van der Waals surface area contributed by atoms with Gasteiger partial charge in [-0.15, -0.1) is 0 Å². The van der Waals surface area contributed by atoms with Gasteiger partial charge in [-0.3, -0.25) is 0 Å². The van der Waals surface area contributed by atoms with E-state index in [4.69, 9.17) is 21.4 Å². The minimum Gasteiger partial charge on any atom is -0.384 e. The van der Waals surface area contributed by atoms with E-state index in [0.717, 1.165) is 0 Å². The molecule has 0 atom stereocenters. The van der Waals surface area contributed by atoms with Gasteiger partial charge in [-0.25, -0.2) is 8.42 Å². The lowest BCUT2D eigenvalue weighted by molar-refractivity contribution is 0.185. The monoisotopic (exact) mass is 317 g/mol. The quantitative estimate of drug-likeness (QED) is 0.821. The summed E-state index contributed by atoms with van der Waals surface area (Å²) in [5.74, 6) is 5.14. The molecular weight excluding hydrogens is 302 g/mol. The molecule has 1 rings (SSSR count). The Labute approximate surface area is 124 Å². The van der Waals surface area contributed by atoms with Crippen LogP contribution in [-0.2, 0) is 14.8 Å². The molecule has 7 heteroatoms. The second-order valence-corrected chi connectivity index (χ2v) is 6.34. The third-order valence-electron chi connectivity index (χ3n) is 2.54. The largest absolute Gasteiger partial charge is 0.384 e. The van der Waals surface area contributed by atoms with E-state index < -0.39 is 10.0 Å². The summed E-state index contributed by atoms with van der Waals surface area (Å²) < 4.78 is 30.6. The normalized spacial score (nSPS) is 11.2. The molecule has 0 aliphatic carbocycles. The van der Waals surface area contributed by atoms with E-state index in [1.54, 1.807) is 6.07 Å². The first-order chi connectivity index (χ1) is 9.43. The number of likely N-dealkylation sites (N-methyl/N-ethyl adjacent to an activating group) is 1. The maximum Gasteiger partial charge on any atom is 0.244 e. The highest BCUT2D eigenvalue weighted by atomic mass is 35.5. The number of hydrogen-bond donors (Lipinski definition) is 1. The number of methoxy groups -OCH3 is 1. The Bertz CT molecular complexity index is 619. The predicted octanol–water partition coefficient (Wildman–Crippen LogP) is 0.951. The highest BCUT2D eigenvalue weighted by molar-refractivity contribution is 7.89. The number of nitrogens with zero attached hydrogens (tertiary/aromatic N) is 1. The molecule has 5 nitrogen and oxygen atoms in total. The molecule has 0 aliphatic heterocycles. The fourth-order valence-corrected chi connectivity index (χ4v) is 3.11. The molecule has 0 unspecified atom stereocenters. The van der Waals surface area contributed by atoms with E-state index >= 15 is 0 Å². The van der Waals surface area contributed by atoms with Gasteiger partial charge in [-0.05, 0) is 18.2 Å². The van der Waals surface area contributed by atoms with E-state index in [2.05, 4.69) is 11.8 Å². The maximum atomic E-state index is 12.3. The molecule has 1 aromatic rings. The van der Waals surface area contributed by atoms with Crippen LogP contribution >= 0.6 is 11.6 Å². The molecule has 0 saturated carbocycles. The lowest BCUT2D eigenvalue weighted by Gasteiger charge is -2.17. The first kappa shape index (κ1) is 17.0. The van der Waals surface area contributed by atoms with Crippen LogP contribution in [0.4, 0.5) is 0 Å². The van der Waals surface area contributed by atoms with Crippen molar-refractivity contribution in [3.8, 4) is 11.8 Å². The van der Waals surface area contributed by atoms with E-state index in [1.807, 2.05) is 0 Å². The average molecular weight is 318 g/mol. The molecule has 20 heavy (non-hydrogen) atoms. The van der Waals surface area contributed by atoms with E-state index in [-0.39, 0.29) is 23.1 Å². The van der Waals surface area contributed by atoms with Crippen molar-refractivity contribution >= 4 is 21.6 Å². The van der Waals surface area contributed by atoms with Crippen LogP contribution in [0.15, 0.2) is 23.1 Å². The van der Waals surface area contributed by atoms with Crippen molar-refractivity contribution in [2.75, 3.05) is 33.9 Å². The van der Waals surface area contributed by atoms with Gasteiger partial charge in [0.25, 0.3) is 0 Å². The van der Waals surface area contributed by atoms with Gasteiger partial charge in [0.05, 0.1) is 11.6 Å². The van der Waals surface area contributed by atoms with Crippen molar-refractivity contribution in [1.82, 2.24) is 4.31 Å². The van der Waals surface area contributed by atoms with Gasteiger partial charge >= 0.3 is 0 Å². The van der Waals surface area contributed by atoms with Gasteiger partial charge in [-0.2, -0.15) is 4.31 Å². The first-order valence-corrected chi connectivity index (χ1v) is 7.60. The fraction of sp³-hybridized carbons (Fsp3) is 0.385. The van der Waals surface area contributed by atoms with Gasteiger partial charge in [0.2, 0.25) is 10.0 Å². The molecule has 0 fully saturated rings. The Morgan fingerprint density at radius 2 is 2.15 bits per heavy atom. The summed E-state index contributed by atoms with van der Waals surface area (Å²) in [5.41, 5.74) is 0.544. The number of rotatable bonds is 5. The second-order valence-electron chi connectivity index (χ2n) is 3.92. The van der Waals surface area contributed by atoms with E-state index in [0.29, 0.717) is 12.2 Å². The molecule has 0 saturated heterocycles. The number of aliphatic hydroxyl groups is 1. The van der Waals surface area contributed by atoms with Crippen molar-refractivity contribution < 1.29 is 18.3 Å². The van der Waals surface area contributed by atoms with Crippen LogP contribution in [0, 0.1) is 11.8 Å². The van der Waals surface area contributed by atoms with Crippen molar-refractivity contribution in [2.24, 2.45) is 0 Å². The molecule has 0 heterocycles. The van der Waals surface area contributed by atoms with Crippen LogP contribution < -0.4 is 0 Å². The molecule has 110 valence electrons. The minimum atomic E-state index is -3.66. The zero-order chi connectivity index (χ0) is 15.2. The number of aliphatic hydroxyl groups excluding tert-OH is 1. The lowest BCUT2D eigenvalue weighted by Crippen LogP contribution is -2.30. The summed E-state index contributed by atoms with van der Waals surface area (Å²) in [5, 5.41) is 8.71. The van der Waals surface area contributed by atoms with Crippen molar-refractivity contribution in [2.45, 2.75) is 4.90 Å². The summed E-state index contributed by atoms with van der Waals surface area (Å²) >= 11 is 6.00. The predicted molar refractivity (Wildman–Crippen MR) is 77.1 cm³/mol. The highest BCUT2D eigenvalue weighted by Gasteiger charge is 2.23. The zero-order valence-corrected chi connectivity index (χ0v) is 12.8. The first-order valence-electron chi connectivity index (χ1n) is 5.78. The Hall–Kier alpha value is -1.10. The van der Waals surface area contributed by atoms with Gasteiger partial charge in [-0.1, -0.05) is 23.4 Å². The number of hydrogen-bond acceptors (Lipinski definition) is 4. The molecule has 0 aliphatic rings. The summed E-state index contributed by atoms with van der Waals surface area (Å²) in [6, 6.07) is 4.41. The Kier molecular flexibility index (Phi) is 6.46. The van der Waals surface area contributed by atoms with E-state index in [1.165, 1.54) is 30.6 Å². The van der Waals surface area contributed by atoms with Gasteiger partial charge in [0.1, 0.15) is 11.5 Å². The molecule has 0 bridgehead atoms. The smallest absolute Gasteiger partial charge is 0.244 e. The minimum absolute atomic E-state index is 0.0207. The number of benzene rings is 1. The van der Waals surface area contributed by atoms with Crippen molar-refractivity contribution in [3.63, 3.8) is 0 Å². The number of ether oxygens (including phenoxy) is 1. The molecule has 1 N–H and O–H groups in total. The standard InChI is InChI=1S/C13H16ClNO4S/c1-15(7-9-19-2)20(17,18)13-6-5-11(4-3-8-16)10-12(13)14/h5-6,10,16H,7-9H2,1-2H3. The van der Waals surface area contributed by atoms with Crippen LogP contribution in [-0.4, -0.2) is 51.7 Å². The molecule has 0 amide bonds. The Balaban J connectivity index is 3.07. The summed E-state index contributed by atoms with van der Waals surface area (Å²) in [4.78, 5) is 0.0207. The maximum absolute atomic E-state index is 12.3. The highest BCUT2D eigenvalue weighted by Crippen LogP contribution is 2.24. The Morgan fingerprint density at radius 1 is 1.45 bits per heavy atom. The van der Waals surface area contributed by atoms with Gasteiger partial charge < -0.3 is 9.84 Å². The summed E-state index contributed by atoms with van der Waals surface area (Å²) in [6.45, 7) is 0.270. The topological polar surface area (TPSA) is 66.8 Å². The summed E-state index contributed by atoms with van der Waals surface area (Å²) in [6.07, 6.45) is 0. The van der Waals surface area contributed by atoms with Crippen LogP contribution in [0.1, 0.15) is 5.56 Å². The fourth-order valence-electron chi connectivity index (χ4n) is 1.44. The van der Waals surface area contributed by atoms with Crippen LogP contribution in [0.25, 0.3) is 0 Å². The van der Waals surface area contributed by atoms with Crippen LogP contribution in [0.3, 0.4) is 0 Å².